The van der Waals surface area contributed by atoms with E-state index in [-0.39, 0.29) is 0 Å². The first kappa shape index (κ1) is 11.2. The molecule has 0 saturated heterocycles. The molecule has 1 aliphatic rings. The number of hydrogen-bond acceptors (Lipinski definition) is 4. The van der Waals surface area contributed by atoms with Gasteiger partial charge in [-0.1, -0.05) is 17.7 Å². The van der Waals surface area contributed by atoms with E-state index in [4.69, 9.17) is 16.3 Å². The summed E-state index contributed by atoms with van der Waals surface area (Å²) >= 11 is 5.80. The number of halogens is 1. The molecule has 1 aromatic rings. The second-order valence-electron chi connectivity index (χ2n) is 3.79. The van der Waals surface area contributed by atoms with E-state index in [1.807, 2.05) is 0 Å². The number of hydrogen-bond donors (Lipinski definition) is 1. The number of fused-ring (bicyclic) bond motifs is 1. The number of aliphatic hydroxyl groups excluding tert-OH is 1. The fraction of sp³-hybridized carbons (Fsp3) is 0.364. The summed E-state index contributed by atoms with van der Waals surface area (Å²) < 4.78 is 10.0. The van der Waals surface area contributed by atoms with Gasteiger partial charge in [-0.3, -0.25) is 0 Å². The number of methoxy groups -OCH3 is 1. The number of benzene rings is 1. The van der Waals surface area contributed by atoms with E-state index >= 15 is 0 Å². The van der Waals surface area contributed by atoms with Crippen molar-refractivity contribution in [1.82, 2.24) is 0 Å². The highest BCUT2D eigenvalue weighted by Crippen LogP contribution is 2.44. The van der Waals surface area contributed by atoms with Gasteiger partial charge in [0.25, 0.3) is 0 Å². The van der Waals surface area contributed by atoms with Gasteiger partial charge >= 0.3 is 5.97 Å². The van der Waals surface area contributed by atoms with Crippen LogP contribution in [-0.4, -0.2) is 23.8 Å². The summed E-state index contributed by atoms with van der Waals surface area (Å²) in [6, 6.07) is 4.83. The number of rotatable bonds is 1. The van der Waals surface area contributed by atoms with Crippen LogP contribution in [-0.2, 0) is 9.53 Å². The molecule has 2 rings (SSSR count). The van der Waals surface area contributed by atoms with Crippen molar-refractivity contribution in [2.24, 2.45) is 0 Å². The summed E-state index contributed by atoms with van der Waals surface area (Å²) in [6.45, 7) is 1.48. The molecule has 0 saturated carbocycles. The Morgan fingerprint density at radius 2 is 2.31 bits per heavy atom. The summed E-state index contributed by atoms with van der Waals surface area (Å²) in [5.41, 5.74) is -0.862. The van der Waals surface area contributed by atoms with E-state index in [0.717, 1.165) is 0 Å². The number of aliphatic hydroxyl groups is 1. The molecule has 86 valence electrons. The van der Waals surface area contributed by atoms with Gasteiger partial charge in [0.05, 0.1) is 7.11 Å². The molecule has 0 amide bonds. The lowest BCUT2D eigenvalue weighted by atomic mass is 9.96. The Morgan fingerprint density at radius 1 is 1.62 bits per heavy atom. The number of carbonyl (C=O) groups is 1. The maximum absolute atomic E-state index is 11.6. The molecule has 0 aliphatic carbocycles. The van der Waals surface area contributed by atoms with Crippen molar-refractivity contribution in [3.8, 4) is 5.75 Å². The summed E-state index contributed by atoms with van der Waals surface area (Å²) in [5.74, 6) is -0.208. The highest BCUT2D eigenvalue weighted by Gasteiger charge is 2.51. The molecule has 4 nitrogen and oxygen atoms in total. The maximum Gasteiger partial charge on any atom is 0.353 e. The molecule has 1 N–H and O–H groups in total. The van der Waals surface area contributed by atoms with Gasteiger partial charge in [-0.15, -0.1) is 0 Å². The molecule has 16 heavy (non-hydrogen) atoms. The van der Waals surface area contributed by atoms with Crippen LogP contribution in [0.5, 0.6) is 5.75 Å². The van der Waals surface area contributed by atoms with Gasteiger partial charge in [-0.2, -0.15) is 0 Å². The Labute approximate surface area is 97.7 Å². The van der Waals surface area contributed by atoms with Crippen LogP contribution >= 0.6 is 11.6 Å². The van der Waals surface area contributed by atoms with Gasteiger partial charge in [0.15, 0.2) is 0 Å². The van der Waals surface area contributed by atoms with Crippen LogP contribution in [0.1, 0.15) is 18.6 Å². The second-order valence-corrected chi connectivity index (χ2v) is 4.22. The van der Waals surface area contributed by atoms with Crippen LogP contribution in [0.4, 0.5) is 0 Å². The SMILES string of the molecule is COC(=O)C1(C)Oc2cc(Cl)ccc2C1O. The molecule has 0 radical (unpaired) electrons. The Kier molecular flexibility index (Phi) is 2.56. The van der Waals surface area contributed by atoms with Gasteiger partial charge in [0.2, 0.25) is 5.60 Å². The van der Waals surface area contributed by atoms with Crippen molar-refractivity contribution in [1.29, 1.82) is 0 Å². The molecule has 1 aliphatic heterocycles. The first-order valence-corrected chi connectivity index (χ1v) is 5.12. The monoisotopic (exact) mass is 242 g/mol. The minimum atomic E-state index is -1.40. The summed E-state index contributed by atoms with van der Waals surface area (Å²) in [7, 11) is 1.25. The molecular weight excluding hydrogens is 232 g/mol. The van der Waals surface area contributed by atoms with E-state index in [2.05, 4.69) is 4.74 Å². The molecule has 1 aromatic carbocycles. The van der Waals surface area contributed by atoms with E-state index in [9.17, 15) is 9.90 Å². The van der Waals surface area contributed by atoms with Gasteiger partial charge in [-0.25, -0.2) is 4.79 Å². The van der Waals surface area contributed by atoms with Gasteiger partial charge in [0.1, 0.15) is 11.9 Å². The molecule has 2 unspecified atom stereocenters. The van der Waals surface area contributed by atoms with Crippen molar-refractivity contribution in [3.05, 3.63) is 28.8 Å². The van der Waals surface area contributed by atoms with Crippen LogP contribution in [0.25, 0.3) is 0 Å². The Hall–Kier alpha value is -1.26. The predicted molar refractivity (Wildman–Crippen MR) is 57.5 cm³/mol. The fourth-order valence-electron chi connectivity index (χ4n) is 1.76. The highest BCUT2D eigenvalue weighted by molar-refractivity contribution is 6.30. The molecule has 0 spiro atoms. The van der Waals surface area contributed by atoms with E-state index in [1.54, 1.807) is 18.2 Å². The minimum Gasteiger partial charge on any atom is -0.472 e. The molecule has 5 heteroatoms. The number of esters is 1. The van der Waals surface area contributed by atoms with Crippen molar-refractivity contribution >= 4 is 17.6 Å². The molecule has 1 heterocycles. The van der Waals surface area contributed by atoms with E-state index in [0.29, 0.717) is 16.3 Å². The molecule has 0 aromatic heterocycles. The Morgan fingerprint density at radius 3 is 2.94 bits per heavy atom. The van der Waals surface area contributed by atoms with Gasteiger partial charge in [0, 0.05) is 10.6 Å². The predicted octanol–water partition coefficient (Wildman–Crippen LogP) is 1.70. The van der Waals surface area contributed by atoms with Crippen LogP contribution in [0, 0.1) is 0 Å². The first-order valence-electron chi connectivity index (χ1n) is 4.74. The highest BCUT2D eigenvalue weighted by atomic mass is 35.5. The topological polar surface area (TPSA) is 55.8 Å². The smallest absolute Gasteiger partial charge is 0.353 e. The third-order valence-electron chi connectivity index (χ3n) is 2.70. The van der Waals surface area contributed by atoms with Gasteiger partial charge < -0.3 is 14.6 Å². The maximum atomic E-state index is 11.6. The molecule has 0 bridgehead atoms. The normalized spacial score (nSPS) is 27.1. The molecule has 2 atom stereocenters. The lowest BCUT2D eigenvalue weighted by molar-refractivity contribution is -0.164. The largest absolute Gasteiger partial charge is 0.472 e. The Balaban J connectivity index is 2.44. The number of ether oxygens (including phenoxy) is 2. The third kappa shape index (κ3) is 1.45. The van der Waals surface area contributed by atoms with Crippen LogP contribution < -0.4 is 4.74 Å². The van der Waals surface area contributed by atoms with Crippen molar-refractivity contribution in [3.63, 3.8) is 0 Å². The first-order chi connectivity index (χ1) is 7.49. The lowest BCUT2D eigenvalue weighted by Crippen LogP contribution is -2.44. The molecular formula is C11H11ClO4. The van der Waals surface area contributed by atoms with Crippen molar-refractivity contribution < 1.29 is 19.4 Å². The zero-order valence-corrected chi connectivity index (χ0v) is 9.62. The lowest BCUT2D eigenvalue weighted by Gasteiger charge is -2.24. The standard InChI is InChI=1S/C11H11ClO4/c1-11(10(14)15-2)9(13)7-4-3-6(12)5-8(7)16-11/h3-5,9,13H,1-2H3. The number of carbonyl (C=O) groups excluding carboxylic acids is 1. The zero-order valence-electron chi connectivity index (χ0n) is 8.86. The Bertz CT molecular complexity index is 446. The van der Waals surface area contributed by atoms with Crippen LogP contribution in [0.2, 0.25) is 5.02 Å². The summed E-state index contributed by atoms with van der Waals surface area (Å²) in [5, 5.41) is 10.5. The van der Waals surface area contributed by atoms with Gasteiger partial charge in [-0.05, 0) is 19.1 Å². The van der Waals surface area contributed by atoms with Crippen LogP contribution in [0.15, 0.2) is 18.2 Å². The average Bonchev–Trinajstić information content (AvgIpc) is 2.51. The summed E-state index contributed by atoms with van der Waals surface area (Å²) in [6.07, 6.45) is -1.05. The van der Waals surface area contributed by atoms with Crippen LogP contribution in [0.3, 0.4) is 0 Å². The summed E-state index contributed by atoms with van der Waals surface area (Å²) in [4.78, 5) is 11.6. The van der Waals surface area contributed by atoms with E-state index < -0.39 is 17.7 Å². The third-order valence-corrected chi connectivity index (χ3v) is 2.94. The molecule has 0 fully saturated rings. The van der Waals surface area contributed by atoms with E-state index in [1.165, 1.54) is 14.0 Å². The van der Waals surface area contributed by atoms with Crippen molar-refractivity contribution in [2.75, 3.05) is 7.11 Å². The average molecular weight is 243 g/mol. The quantitative estimate of drug-likeness (QED) is 0.762. The van der Waals surface area contributed by atoms with Crippen molar-refractivity contribution in [2.45, 2.75) is 18.6 Å². The zero-order chi connectivity index (χ0) is 11.9. The second kappa shape index (κ2) is 3.64. The minimum absolute atomic E-state index is 0.410. The fourth-order valence-corrected chi connectivity index (χ4v) is 1.92.